The fourth-order valence-electron chi connectivity index (χ4n) is 2.84. The monoisotopic (exact) mass is 226 g/mol. The van der Waals surface area contributed by atoms with Gasteiger partial charge in [-0.1, -0.05) is 19.3 Å². The molecule has 4 nitrogen and oxygen atoms in total. The van der Waals surface area contributed by atoms with E-state index in [1.807, 2.05) is 0 Å². The summed E-state index contributed by atoms with van der Waals surface area (Å²) in [7, 11) is 1.45. The van der Waals surface area contributed by atoms with E-state index in [0.717, 1.165) is 32.2 Å². The van der Waals surface area contributed by atoms with Crippen molar-refractivity contribution in [1.29, 1.82) is 0 Å². The predicted octanol–water partition coefficient (Wildman–Crippen LogP) is 1.70. The molecule has 0 aromatic carbocycles. The zero-order chi connectivity index (χ0) is 11.4. The first-order valence-electron chi connectivity index (χ1n) is 6.38. The van der Waals surface area contributed by atoms with E-state index >= 15 is 0 Å². The molecule has 1 saturated carbocycles. The van der Waals surface area contributed by atoms with Crippen LogP contribution in [0.1, 0.15) is 32.1 Å². The standard InChI is InChI=1S/C12H22N2O2/c1-16-12(15)14-9-7-13(8-10-14)11-5-3-2-4-6-11/h11H,2-10H2,1H3. The molecule has 1 aliphatic heterocycles. The number of carbonyl (C=O) groups is 1. The molecular formula is C12H22N2O2. The Kier molecular flexibility index (Phi) is 4.04. The number of ether oxygens (including phenoxy) is 1. The lowest BCUT2D eigenvalue weighted by atomic mass is 9.94. The summed E-state index contributed by atoms with van der Waals surface area (Å²) < 4.78 is 4.74. The van der Waals surface area contributed by atoms with E-state index < -0.39 is 0 Å². The number of rotatable bonds is 1. The second kappa shape index (κ2) is 5.53. The Morgan fingerprint density at radius 3 is 2.25 bits per heavy atom. The molecule has 0 unspecified atom stereocenters. The van der Waals surface area contributed by atoms with Crippen molar-refractivity contribution in [2.75, 3.05) is 33.3 Å². The Bertz CT molecular complexity index is 231. The van der Waals surface area contributed by atoms with Gasteiger partial charge < -0.3 is 9.64 Å². The lowest BCUT2D eigenvalue weighted by molar-refractivity contribution is 0.0652. The van der Waals surface area contributed by atoms with E-state index in [9.17, 15) is 4.79 Å². The molecule has 1 saturated heterocycles. The van der Waals surface area contributed by atoms with Crippen molar-refractivity contribution in [2.24, 2.45) is 0 Å². The maximum Gasteiger partial charge on any atom is 0.409 e. The molecule has 2 rings (SSSR count). The Balaban J connectivity index is 1.78. The zero-order valence-corrected chi connectivity index (χ0v) is 10.2. The predicted molar refractivity (Wildman–Crippen MR) is 62.4 cm³/mol. The molecule has 4 heteroatoms. The average molecular weight is 226 g/mol. The van der Waals surface area contributed by atoms with Gasteiger partial charge >= 0.3 is 6.09 Å². The van der Waals surface area contributed by atoms with E-state index in [1.54, 1.807) is 4.90 Å². The highest BCUT2D eigenvalue weighted by atomic mass is 16.5. The van der Waals surface area contributed by atoms with Crippen LogP contribution >= 0.6 is 0 Å². The normalized spacial score (nSPS) is 24.4. The molecule has 1 aliphatic carbocycles. The van der Waals surface area contributed by atoms with Crippen LogP contribution in [0.2, 0.25) is 0 Å². The molecule has 0 bridgehead atoms. The highest BCUT2D eigenvalue weighted by Crippen LogP contribution is 2.23. The van der Waals surface area contributed by atoms with Gasteiger partial charge in [0.1, 0.15) is 0 Å². The minimum absolute atomic E-state index is 0.178. The van der Waals surface area contributed by atoms with Gasteiger partial charge in [0.25, 0.3) is 0 Å². The Hall–Kier alpha value is -0.770. The number of carbonyl (C=O) groups excluding carboxylic acids is 1. The highest BCUT2D eigenvalue weighted by molar-refractivity contribution is 5.67. The minimum Gasteiger partial charge on any atom is -0.453 e. The molecule has 92 valence electrons. The number of methoxy groups -OCH3 is 1. The molecule has 0 radical (unpaired) electrons. The summed E-state index contributed by atoms with van der Waals surface area (Å²) in [6.07, 6.45) is 6.67. The molecule has 0 atom stereocenters. The molecule has 16 heavy (non-hydrogen) atoms. The van der Waals surface area contributed by atoms with Gasteiger partial charge in [-0.2, -0.15) is 0 Å². The van der Waals surface area contributed by atoms with Crippen LogP contribution in [0.4, 0.5) is 4.79 Å². The van der Waals surface area contributed by atoms with Crippen LogP contribution in [0.15, 0.2) is 0 Å². The first-order chi connectivity index (χ1) is 7.81. The number of hydrogen-bond acceptors (Lipinski definition) is 3. The van der Waals surface area contributed by atoms with Crippen LogP contribution < -0.4 is 0 Å². The van der Waals surface area contributed by atoms with Crippen molar-refractivity contribution in [3.63, 3.8) is 0 Å². The number of hydrogen-bond donors (Lipinski definition) is 0. The van der Waals surface area contributed by atoms with Crippen molar-refractivity contribution >= 4 is 6.09 Å². The summed E-state index contributed by atoms with van der Waals surface area (Å²) in [6, 6.07) is 0.772. The summed E-state index contributed by atoms with van der Waals surface area (Å²) in [5.74, 6) is 0. The topological polar surface area (TPSA) is 32.8 Å². The number of amides is 1. The average Bonchev–Trinajstić information content (AvgIpc) is 2.39. The molecule has 0 N–H and O–H groups in total. The maximum absolute atomic E-state index is 11.3. The summed E-state index contributed by atoms with van der Waals surface area (Å²) in [5, 5.41) is 0. The third-order valence-corrected chi connectivity index (χ3v) is 3.84. The van der Waals surface area contributed by atoms with Crippen LogP contribution in [0.25, 0.3) is 0 Å². The van der Waals surface area contributed by atoms with Gasteiger partial charge in [-0.05, 0) is 12.8 Å². The molecule has 0 aromatic heterocycles. The largest absolute Gasteiger partial charge is 0.453 e. The third-order valence-electron chi connectivity index (χ3n) is 3.84. The molecule has 0 aromatic rings. The summed E-state index contributed by atoms with van der Waals surface area (Å²) in [6.45, 7) is 3.67. The SMILES string of the molecule is COC(=O)N1CCN(C2CCCCC2)CC1. The van der Waals surface area contributed by atoms with Gasteiger partial charge in [0, 0.05) is 32.2 Å². The molecular weight excluding hydrogens is 204 g/mol. The first kappa shape index (κ1) is 11.7. The fraction of sp³-hybridized carbons (Fsp3) is 0.917. The minimum atomic E-state index is -0.178. The van der Waals surface area contributed by atoms with Crippen LogP contribution in [-0.4, -0.2) is 55.2 Å². The molecule has 2 aliphatic rings. The van der Waals surface area contributed by atoms with Gasteiger partial charge in [0.2, 0.25) is 0 Å². The molecule has 1 heterocycles. The van der Waals surface area contributed by atoms with E-state index in [1.165, 1.54) is 39.2 Å². The summed E-state index contributed by atoms with van der Waals surface area (Å²) >= 11 is 0. The van der Waals surface area contributed by atoms with Gasteiger partial charge in [-0.15, -0.1) is 0 Å². The van der Waals surface area contributed by atoms with Crippen molar-refractivity contribution < 1.29 is 9.53 Å². The van der Waals surface area contributed by atoms with Crippen LogP contribution in [-0.2, 0) is 4.74 Å². The molecule has 0 spiro atoms. The Morgan fingerprint density at radius 2 is 1.69 bits per heavy atom. The maximum atomic E-state index is 11.3. The van der Waals surface area contributed by atoms with E-state index in [4.69, 9.17) is 4.74 Å². The molecule has 2 fully saturated rings. The Labute approximate surface area is 97.5 Å². The van der Waals surface area contributed by atoms with Crippen molar-refractivity contribution in [2.45, 2.75) is 38.1 Å². The van der Waals surface area contributed by atoms with Crippen LogP contribution in [0.3, 0.4) is 0 Å². The third kappa shape index (κ3) is 2.67. The second-order valence-corrected chi connectivity index (χ2v) is 4.78. The molecule has 1 amide bonds. The van der Waals surface area contributed by atoms with Gasteiger partial charge in [-0.3, -0.25) is 4.90 Å². The van der Waals surface area contributed by atoms with Crippen molar-refractivity contribution in [3.05, 3.63) is 0 Å². The van der Waals surface area contributed by atoms with Crippen LogP contribution in [0.5, 0.6) is 0 Å². The van der Waals surface area contributed by atoms with E-state index in [-0.39, 0.29) is 6.09 Å². The second-order valence-electron chi connectivity index (χ2n) is 4.78. The van der Waals surface area contributed by atoms with E-state index in [0.29, 0.717) is 0 Å². The number of nitrogens with zero attached hydrogens (tertiary/aromatic N) is 2. The van der Waals surface area contributed by atoms with Gasteiger partial charge in [-0.25, -0.2) is 4.79 Å². The Morgan fingerprint density at radius 1 is 1.06 bits per heavy atom. The lowest BCUT2D eigenvalue weighted by Crippen LogP contribution is -2.52. The lowest BCUT2D eigenvalue weighted by Gasteiger charge is -2.40. The quantitative estimate of drug-likeness (QED) is 0.682. The van der Waals surface area contributed by atoms with Crippen molar-refractivity contribution in [3.8, 4) is 0 Å². The summed E-state index contributed by atoms with van der Waals surface area (Å²) in [5.41, 5.74) is 0. The van der Waals surface area contributed by atoms with Gasteiger partial charge in [0.05, 0.1) is 7.11 Å². The van der Waals surface area contributed by atoms with Crippen LogP contribution in [0, 0.1) is 0 Å². The smallest absolute Gasteiger partial charge is 0.409 e. The van der Waals surface area contributed by atoms with Crippen molar-refractivity contribution in [1.82, 2.24) is 9.80 Å². The fourth-order valence-corrected chi connectivity index (χ4v) is 2.84. The van der Waals surface area contributed by atoms with E-state index in [2.05, 4.69) is 4.90 Å². The first-order valence-corrected chi connectivity index (χ1v) is 6.38. The van der Waals surface area contributed by atoms with Gasteiger partial charge in [0.15, 0.2) is 0 Å². The summed E-state index contributed by atoms with van der Waals surface area (Å²) in [4.78, 5) is 15.7. The highest BCUT2D eigenvalue weighted by Gasteiger charge is 2.27. The number of piperazine rings is 1. The zero-order valence-electron chi connectivity index (χ0n) is 10.2.